The molecule has 6 heteroatoms. The van der Waals surface area contributed by atoms with Crippen LogP contribution in [0.2, 0.25) is 0 Å². The molecule has 4 rings (SSSR count). The van der Waals surface area contributed by atoms with Crippen LogP contribution in [0.3, 0.4) is 0 Å². The predicted molar refractivity (Wildman–Crippen MR) is 119 cm³/mol. The van der Waals surface area contributed by atoms with E-state index in [1.807, 2.05) is 42.3 Å². The average Bonchev–Trinajstić information content (AvgIpc) is 3.16. The Morgan fingerprint density at radius 2 is 1.83 bits per heavy atom. The van der Waals surface area contributed by atoms with Crippen LogP contribution in [0.15, 0.2) is 48.7 Å². The standard InChI is InChI=1S/C23H29N5O/c1-16(17-2-7-22-21(14-17)18(8-9-24)15-26-22)23(29)28-12-10-27(11-13-28)20-5-3-19(25)4-6-20/h2-7,14-16,26H,8-13,24-25H2,1H3. The maximum absolute atomic E-state index is 13.1. The fourth-order valence-electron chi connectivity index (χ4n) is 4.11. The minimum absolute atomic E-state index is 0.164. The maximum atomic E-state index is 13.1. The molecule has 1 aromatic heterocycles. The number of nitrogens with two attached hydrogens (primary N) is 2. The molecular weight excluding hydrogens is 362 g/mol. The summed E-state index contributed by atoms with van der Waals surface area (Å²) < 4.78 is 0. The van der Waals surface area contributed by atoms with Crippen molar-refractivity contribution in [1.82, 2.24) is 9.88 Å². The van der Waals surface area contributed by atoms with Gasteiger partial charge in [-0.1, -0.05) is 6.07 Å². The van der Waals surface area contributed by atoms with Crippen molar-refractivity contribution < 1.29 is 4.79 Å². The van der Waals surface area contributed by atoms with Crippen molar-refractivity contribution in [3.05, 3.63) is 59.8 Å². The molecule has 1 aliphatic heterocycles. The first kappa shape index (κ1) is 19.3. The van der Waals surface area contributed by atoms with Gasteiger partial charge in [-0.3, -0.25) is 4.79 Å². The molecule has 3 aromatic rings. The van der Waals surface area contributed by atoms with Gasteiger partial charge in [0.05, 0.1) is 5.92 Å². The highest BCUT2D eigenvalue weighted by Crippen LogP contribution is 2.26. The molecule has 0 spiro atoms. The van der Waals surface area contributed by atoms with E-state index in [2.05, 4.69) is 28.1 Å². The summed E-state index contributed by atoms with van der Waals surface area (Å²) >= 11 is 0. The molecule has 152 valence electrons. The van der Waals surface area contributed by atoms with Gasteiger partial charge in [0.1, 0.15) is 0 Å². The molecule has 1 atom stereocenters. The van der Waals surface area contributed by atoms with E-state index >= 15 is 0 Å². The second kappa shape index (κ2) is 8.17. The first-order valence-corrected chi connectivity index (χ1v) is 10.3. The number of anilines is 2. The monoisotopic (exact) mass is 391 g/mol. The van der Waals surface area contributed by atoms with Crippen LogP contribution in [0, 0.1) is 0 Å². The van der Waals surface area contributed by atoms with Crippen LogP contribution in [-0.2, 0) is 11.2 Å². The van der Waals surface area contributed by atoms with E-state index < -0.39 is 0 Å². The lowest BCUT2D eigenvalue weighted by Gasteiger charge is -2.37. The number of aromatic nitrogens is 1. The Hall–Kier alpha value is -2.99. The minimum atomic E-state index is -0.164. The van der Waals surface area contributed by atoms with Gasteiger partial charge in [0.25, 0.3) is 0 Å². The predicted octanol–water partition coefficient (Wildman–Crippen LogP) is 2.70. The maximum Gasteiger partial charge on any atom is 0.229 e. The summed E-state index contributed by atoms with van der Waals surface area (Å²) in [5.41, 5.74) is 16.8. The lowest BCUT2D eigenvalue weighted by molar-refractivity contribution is -0.132. The number of nitrogens with one attached hydrogen (secondary N) is 1. The van der Waals surface area contributed by atoms with E-state index in [9.17, 15) is 4.79 Å². The van der Waals surface area contributed by atoms with Crippen molar-refractivity contribution in [3.63, 3.8) is 0 Å². The van der Waals surface area contributed by atoms with Gasteiger partial charge in [-0.15, -0.1) is 0 Å². The number of nitrogens with zero attached hydrogens (tertiary/aromatic N) is 2. The Labute approximate surface area is 171 Å². The Morgan fingerprint density at radius 1 is 1.10 bits per heavy atom. The number of piperazine rings is 1. The summed E-state index contributed by atoms with van der Waals surface area (Å²) in [6.45, 7) is 5.76. The SMILES string of the molecule is CC(C(=O)N1CCN(c2ccc(N)cc2)CC1)c1ccc2[nH]cc(CCN)c2c1. The van der Waals surface area contributed by atoms with Crippen molar-refractivity contribution in [1.29, 1.82) is 0 Å². The Balaban J connectivity index is 1.44. The normalized spacial score (nSPS) is 15.7. The summed E-state index contributed by atoms with van der Waals surface area (Å²) in [4.78, 5) is 20.7. The second-order valence-electron chi connectivity index (χ2n) is 7.78. The van der Waals surface area contributed by atoms with Crippen LogP contribution >= 0.6 is 0 Å². The third-order valence-electron chi connectivity index (χ3n) is 5.93. The van der Waals surface area contributed by atoms with Gasteiger partial charge < -0.3 is 26.3 Å². The molecule has 2 aromatic carbocycles. The van der Waals surface area contributed by atoms with Crippen molar-refractivity contribution >= 4 is 28.2 Å². The van der Waals surface area contributed by atoms with Gasteiger partial charge in [0, 0.05) is 54.7 Å². The number of carbonyl (C=O) groups excluding carboxylic acids is 1. The van der Waals surface area contributed by atoms with E-state index in [0.717, 1.165) is 55.1 Å². The van der Waals surface area contributed by atoms with E-state index in [1.165, 1.54) is 10.9 Å². The molecule has 2 heterocycles. The van der Waals surface area contributed by atoms with E-state index in [4.69, 9.17) is 11.5 Å². The molecule has 29 heavy (non-hydrogen) atoms. The van der Waals surface area contributed by atoms with E-state index in [1.54, 1.807) is 0 Å². The van der Waals surface area contributed by atoms with Crippen molar-refractivity contribution in [2.24, 2.45) is 5.73 Å². The van der Waals surface area contributed by atoms with Crippen molar-refractivity contribution in [2.75, 3.05) is 43.4 Å². The fraction of sp³-hybridized carbons (Fsp3) is 0.348. The number of nitrogen functional groups attached to an aromatic ring is 1. The number of benzene rings is 2. The summed E-state index contributed by atoms with van der Waals surface area (Å²) in [6.07, 6.45) is 2.85. The molecule has 1 amide bonds. The summed E-state index contributed by atoms with van der Waals surface area (Å²) in [7, 11) is 0. The molecular formula is C23H29N5O. The molecule has 0 aliphatic carbocycles. The smallest absolute Gasteiger partial charge is 0.229 e. The van der Waals surface area contributed by atoms with Crippen LogP contribution in [0.5, 0.6) is 0 Å². The molecule has 0 radical (unpaired) electrons. The topological polar surface area (TPSA) is 91.4 Å². The Bertz CT molecular complexity index is 986. The highest BCUT2D eigenvalue weighted by Gasteiger charge is 2.26. The summed E-state index contributed by atoms with van der Waals surface area (Å²) in [5, 5.41) is 1.17. The van der Waals surface area contributed by atoms with Gasteiger partial charge >= 0.3 is 0 Å². The fourth-order valence-corrected chi connectivity index (χ4v) is 4.11. The second-order valence-corrected chi connectivity index (χ2v) is 7.78. The minimum Gasteiger partial charge on any atom is -0.399 e. The number of fused-ring (bicyclic) bond motifs is 1. The number of aromatic amines is 1. The van der Waals surface area contributed by atoms with Gasteiger partial charge in [-0.05, 0) is 67.4 Å². The van der Waals surface area contributed by atoms with Gasteiger partial charge in [-0.2, -0.15) is 0 Å². The first-order valence-electron chi connectivity index (χ1n) is 10.3. The Kier molecular flexibility index (Phi) is 5.45. The molecule has 0 bridgehead atoms. The number of hydrogen-bond acceptors (Lipinski definition) is 4. The zero-order valence-corrected chi connectivity index (χ0v) is 16.9. The van der Waals surface area contributed by atoms with Crippen LogP contribution in [0.1, 0.15) is 24.0 Å². The van der Waals surface area contributed by atoms with Crippen molar-refractivity contribution in [2.45, 2.75) is 19.3 Å². The third-order valence-corrected chi connectivity index (χ3v) is 5.93. The average molecular weight is 392 g/mol. The van der Waals surface area contributed by atoms with E-state index in [0.29, 0.717) is 6.54 Å². The molecule has 0 saturated carbocycles. The highest BCUT2D eigenvalue weighted by atomic mass is 16.2. The highest BCUT2D eigenvalue weighted by molar-refractivity contribution is 5.88. The quantitative estimate of drug-likeness (QED) is 0.583. The van der Waals surface area contributed by atoms with Crippen LogP contribution in [-0.4, -0.2) is 48.5 Å². The number of carbonyl (C=O) groups is 1. The van der Waals surface area contributed by atoms with Gasteiger partial charge in [-0.25, -0.2) is 0 Å². The summed E-state index contributed by atoms with van der Waals surface area (Å²) in [6, 6.07) is 14.2. The molecule has 1 fully saturated rings. The number of H-pyrrole nitrogens is 1. The molecule has 6 nitrogen and oxygen atoms in total. The molecule has 5 N–H and O–H groups in total. The lowest BCUT2D eigenvalue weighted by Crippen LogP contribution is -2.49. The van der Waals surface area contributed by atoms with Crippen LogP contribution in [0.25, 0.3) is 10.9 Å². The molecule has 1 unspecified atom stereocenters. The largest absolute Gasteiger partial charge is 0.399 e. The lowest BCUT2D eigenvalue weighted by atomic mass is 9.96. The van der Waals surface area contributed by atoms with Crippen molar-refractivity contribution in [3.8, 4) is 0 Å². The van der Waals surface area contributed by atoms with E-state index in [-0.39, 0.29) is 11.8 Å². The third kappa shape index (κ3) is 3.93. The van der Waals surface area contributed by atoms with Crippen LogP contribution in [0.4, 0.5) is 11.4 Å². The number of rotatable bonds is 5. The number of amides is 1. The van der Waals surface area contributed by atoms with Gasteiger partial charge in [0.15, 0.2) is 0 Å². The summed E-state index contributed by atoms with van der Waals surface area (Å²) in [5.74, 6) is 0.0281. The number of hydrogen-bond donors (Lipinski definition) is 3. The Morgan fingerprint density at radius 3 is 2.52 bits per heavy atom. The first-order chi connectivity index (χ1) is 14.1. The molecule has 1 aliphatic rings. The molecule has 1 saturated heterocycles. The zero-order chi connectivity index (χ0) is 20.4. The zero-order valence-electron chi connectivity index (χ0n) is 16.9. The van der Waals surface area contributed by atoms with Gasteiger partial charge in [0.2, 0.25) is 5.91 Å². The van der Waals surface area contributed by atoms with Crippen LogP contribution < -0.4 is 16.4 Å².